The molecule has 0 saturated carbocycles. The second-order valence-electron chi connectivity index (χ2n) is 3.80. The van der Waals surface area contributed by atoms with Crippen molar-refractivity contribution in [2.45, 2.75) is 13.3 Å². The second-order valence-corrected chi connectivity index (χ2v) is 5.13. The molecule has 2 nitrogen and oxygen atoms in total. The number of benzene rings is 1. The van der Waals surface area contributed by atoms with Crippen molar-refractivity contribution in [3.05, 3.63) is 51.2 Å². The first kappa shape index (κ1) is 13.1. The molecule has 0 atom stereocenters. The molecule has 4 heteroatoms. The van der Waals surface area contributed by atoms with Crippen molar-refractivity contribution in [3.8, 4) is 5.75 Å². The Balaban J connectivity index is 2.23. The van der Waals surface area contributed by atoms with Crippen LogP contribution < -0.4 is 4.74 Å². The Morgan fingerprint density at radius 3 is 2.89 bits per heavy atom. The molecule has 94 valence electrons. The molecule has 0 bridgehead atoms. The van der Waals surface area contributed by atoms with E-state index >= 15 is 0 Å². The van der Waals surface area contributed by atoms with Crippen LogP contribution in [0, 0.1) is 0 Å². The molecule has 0 aliphatic rings. The predicted octanol–water partition coefficient (Wildman–Crippen LogP) is 4.42. The number of thiophene rings is 1. The van der Waals surface area contributed by atoms with Gasteiger partial charge in [0.15, 0.2) is 0 Å². The SMILES string of the molecule is CCCOc1cccc(C(=O)c2sccc2Cl)c1. The van der Waals surface area contributed by atoms with E-state index in [1.165, 1.54) is 11.3 Å². The molecule has 0 aliphatic carbocycles. The van der Waals surface area contributed by atoms with Crippen LogP contribution in [0.2, 0.25) is 5.02 Å². The summed E-state index contributed by atoms with van der Waals surface area (Å²) >= 11 is 7.32. The van der Waals surface area contributed by atoms with Gasteiger partial charge >= 0.3 is 0 Å². The topological polar surface area (TPSA) is 26.3 Å². The van der Waals surface area contributed by atoms with Crippen LogP contribution in [-0.2, 0) is 0 Å². The summed E-state index contributed by atoms with van der Waals surface area (Å²) in [4.78, 5) is 12.8. The van der Waals surface area contributed by atoms with E-state index in [1.807, 2.05) is 24.4 Å². The van der Waals surface area contributed by atoms with Gasteiger partial charge in [-0.2, -0.15) is 0 Å². The van der Waals surface area contributed by atoms with Crippen molar-refractivity contribution in [1.29, 1.82) is 0 Å². The quantitative estimate of drug-likeness (QED) is 0.758. The third-order valence-corrected chi connectivity index (χ3v) is 3.73. The zero-order valence-electron chi connectivity index (χ0n) is 9.98. The molecule has 0 amide bonds. The van der Waals surface area contributed by atoms with Gasteiger partial charge in [0.1, 0.15) is 5.75 Å². The maximum atomic E-state index is 12.2. The smallest absolute Gasteiger partial charge is 0.204 e. The zero-order valence-corrected chi connectivity index (χ0v) is 11.6. The van der Waals surface area contributed by atoms with Crippen LogP contribution in [0.25, 0.3) is 0 Å². The summed E-state index contributed by atoms with van der Waals surface area (Å²) in [5, 5.41) is 2.32. The van der Waals surface area contributed by atoms with Gasteiger partial charge in [0, 0.05) is 5.56 Å². The van der Waals surface area contributed by atoms with Gasteiger partial charge in [-0.05, 0) is 30.0 Å². The lowest BCUT2D eigenvalue weighted by atomic mass is 10.1. The fraction of sp³-hybridized carbons (Fsp3) is 0.214. The Labute approximate surface area is 115 Å². The lowest BCUT2D eigenvalue weighted by Crippen LogP contribution is -2.01. The minimum absolute atomic E-state index is 0.0584. The number of halogens is 1. The third kappa shape index (κ3) is 2.92. The average Bonchev–Trinajstić information content (AvgIpc) is 2.82. The van der Waals surface area contributed by atoms with Crippen LogP contribution in [0.1, 0.15) is 28.6 Å². The summed E-state index contributed by atoms with van der Waals surface area (Å²) in [7, 11) is 0. The number of hydrogen-bond donors (Lipinski definition) is 0. The molecule has 0 N–H and O–H groups in total. The number of ketones is 1. The molecule has 1 heterocycles. The Hall–Kier alpha value is -1.32. The lowest BCUT2D eigenvalue weighted by molar-refractivity contribution is 0.104. The molecule has 0 spiro atoms. The lowest BCUT2D eigenvalue weighted by Gasteiger charge is -2.06. The van der Waals surface area contributed by atoms with Crippen molar-refractivity contribution >= 4 is 28.7 Å². The molecule has 0 radical (unpaired) electrons. The van der Waals surface area contributed by atoms with E-state index < -0.39 is 0 Å². The van der Waals surface area contributed by atoms with Gasteiger partial charge in [-0.1, -0.05) is 30.7 Å². The largest absolute Gasteiger partial charge is 0.494 e. The molecule has 1 aromatic carbocycles. The normalized spacial score (nSPS) is 10.3. The van der Waals surface area contributed by atoms with E-state index in [-0.39, 0.29) is 5.78 Å². The van der Waals surface area contributed by atoms with Gasteiger partial charge in [0.2, 0.25) is 5.78 Å². The van der Waals surface area contributed by atoms with Crippen LogP contribution in [0.15, 0.2) is 35.7 Å². The molecule has 0 saturated heterocycles. The Kier molecular flexibility index (Phi) is 4.39. The Bertz CT molecular complexity index is 548. The highest BCUT2D eigenvalue weighted by molar-refractivity contribution is 7.13. The zero-order chi connectivity index (χ0) is 13.0. The maximum absolute atomic E-state index is 12.2. The number of rotatable bonds is 5. The third-order valence-electron chi connectivity index (χ3n) is 2.39. The average molecular weight is 281 g/mol. The second kappa shape index (κ2) is 6.03. The number of hydrogen-bond acceptors (Lipinski definition) is 3. The highest BCUT2D eigenvalue weighted by atomic mass is 35.5. The Morgan fingerprint density at radius 2 is 2.22 bits per heavy atom. The predicted molar refractivity (Wildman–Crippen MR) is 75.0 cm³/mol. The summed E-state index contributed by atoms with van der Waals surface area (Å²) in [6, 6.07) is 8.93. The molecule has 2 aromatic rings. The van der Waals surface area contributed by atoms with Crippen LogP contribution in [0.4, 0.5) is 0 Å². The van der Waals surface area contributed by atoms with E-state index in [1.54, 1.807) is 18.2 Å². The maximum Gasteiger partial charge on any atom is 0.204 e. The number of carbonyl (C=O) groups is 1. The first-order valence-electron chi connectivity index (χ1n) is 5.73. The van der Waals surface area contributed by atoms with E-state index in [2.05, 4.69) is 0 Å². The monoisotopic (exact) mass is 280 g/mol. The molecular formula is C14H13ClO2S. The van der Waals surface area contributed by atoms with Gasteiger partial charge in [0.05, 0.1) is 16.5 Å². The van der Waals surface area contributed by atoms with Crippen molar-refractivity contribution in [3.63, 3.8) is 0 Å². The van der Waals surface area contributed by atoms with Crippen LogP contribution in [-0.4, -0.2) is 12.4 Å². The minimum atomic E-state index is -0.0584. The number of ether oxygens (including phenoxy) is 1. The summed E-state index contributed by atoms with van der Waals surface area (Å²) in [6.07, 6.45) is 0.939. The van der Waals surface area contributed by atoms with E-state index in [4.69, 9.17) is 16.3 Å². The Morgan fingerprint density at radius 1 is 1.39 bits per heavy atom. The molecule has 0 aliphatic heterocycles. The van der Waals surface area contributed by atoms with Crippen molar-refractivity contribution in [2.24, 2.45) is 0 Å². The molecule has 1 aromatic heterocycles. The first-order valence-corrected chi connectivity index (χ1v) is 6.98. The fourth-order valence-electron chi connectivity index (χ4n) is 1.53. The number of carbonyl (C=O) groups excluding carboxylic acids is 1. The molecular weight excluding hydrogens is 268 g/mol. The van der Waals surface area contributed by atoms with Gasteiger partial charge in [-0.25, -0.2) is 0 Å². The van der Waals surface area contributed by atoms with E-state index in [9.17, 15) is 4.79 Å². The van der Waals surface area contributed by atoms with Gasteiger partial charge in [-0.15, -0.1) is 11.3 Å². The van der Waals surface area contributed by atoms with Crippen LogP contribution >= 0.6 is 22.9 Å². The van der Waals surface area contributed by atoms with Gasteiger partial charge < -0.3 is 4.74 Å². The fourth-order valence-corrected chi connectivity index (χ4v) is 2.64. The van der Waals surface area contributed by atoms with Gasteiger partial charge in [0.25, 0.3) is 0 Å². The van der Waals surface area contributed by atoms with Crippen LogP contribution in [0.3, 0.4) is 0 Å². The molecule has 18 heavy (non-hydrogen) atoms. The summed E-state index contributed by atoms with van der Waals surface area (Å²) in [5.74, 6) is 0.660. The van der Waals surface area contributed by atoms with Crippen molar-refractivity contribution < 1.29 is 9.53 Å². The summed E-state index contributed by atoms with van der Waals surface area (Å²) < 4.78 is 5.51. The molecule has 0 fully saturated rings. The summed E-state index contributed by atoms with van der Waals surface area (Å²) in [6.45, 7) is 2.69. The van der Waals surface area contributed by atoms with Crippen molar-refractivity contribution in [2.75, 3.05) is 6.61 Å². The van der Waals surface area contributed by atoms with Gasteiger partial charge in [-0.3, -0.25) is 4.79 Å². The first-order chi connectivity index (χ1) is 8.72. The highest BCUT2D eigenvalue weighted by Gasteiger charge is 2.14. The summed E-state index contributed by atoms with van der Waals surface area (Å²) in [5.41, 5.74) is 0.605. The van der Waals surface area contributed by atoms with E-state index in [0.29, 0.717) is 22.1 Å². The van der Waals surface area contributed by atoms with Crippen molar-refractivity contribution in [1.82, 2.24) is 0 Å². The molecule has 0 unspecified atom stereocenters. The van der Waals surface area contributed by atoms with Crippen LogP contribution in [0.5, 0.6) is 5.75 Å². The molecule has 2 rings (SSSR count). The highest BCUT2D eigenvalue weighted by Crippen LogP contribution is 2.26. The minimum Gasteiger partial charge on any atom is -0.494 e. The van der Waals surface area contributed by atoms with E-state index in [0.717, 1.165) is 12.2 Å². The standard InChI is InChI=1S/C14H13ClO2S/c1-2-7-17-11-5-3-4-10(9-11)13(16)14-12(15)6-8-18-14/h3-6,8-9H,2,7H2,1H3.